The van der Waals surface area contributed by atoms with Gasteiger partial charge in [-0.25, -0.2) is 8.42 Å². The van der Waals surface area contributed by atoms with Crippen molar-refractivity contribution in [3.63, 3.8) is 0 Å². The summed E-state index contributed by atoms with van der Waals surface area (Å²) < 4.78 is 27.8. The van der Waals surface area contributed by atoms with Crippen molar-refractivity contribution >= 4 is 15.8 Å². The Balaban J connectivity index is 2.23. The summed E-state index contributed by atoms with van der Waals surface area (Å²) in [5, 5.41) is 0. The number of likely N-dealkylation sites (N-methyl/N-ethyl adjacent to an activating group) is 1. The summed E-state index contributed by atoms with van der Waals surface area (Å²) in [6.45, 7) is 2.73. The molecule has 106 valence electrons. The van der Waals surface area contributed by atoms with E-state index in [9.17, 15) is 13.2 Å². The summed E-state index contributed by atoms with van der Waals surface area (Å²) in [6, 6.07) is -0.0433. The summed E-state index contributed by atoms with van der Waals surface area (Å²) >= 11 is 0. The summed E-state index contributed by atoms with van der Waals surface area (Å²) in [4.78, 5) is 13.3. The maximum absolute atomic E-state index is 11.5. The van der Waals surface area contributed by atoms with E-state index < -0.39 is 9.84 Å². The minimum atomic E-state index is -2.89. The molecule has 0 saturated carbocycles. The number of ether oxygens (including phenoxy) is 1. The molecule has 0 radical (unpaired) electrons. The lowest BCUT2D eigenvalue weighted by molar-refractivity contribution is -0.145. The molecule has 0 N–H and O–H groups in total. The van der Waals surface area contributed by atoms with Crippen molar-refractivity contribution in [2.24, 2.45) is 0 Å². The molecule has 1 aliphatic rings. The van der Waals surface area contributed by atoms with E-state index in [0.717, 1.165) is 19.3 Å². The highest BCUT2D eigenvalue weighted by atomic mass is 32.2. The molecule has 0 unspecified atom stereocenters. The van der Waals surface area contributed by atoms with Crippen molar-refractivity contribution in [3.8, 4) is 0 Å². The third-order valence-electron chi connectivity index (χ3n) is 3.22. The molecule has 1 aliphatic heterocycles. The van der Waals surface area contributed by atoms with Gasteiger partial charge in [0, 0.05) is 6.04 Å². The zero-order valence-electron chi connectivity index (χ0n) is 11.2. The SMILES string of the molecule is CCCCCOC(=O)CN(C)[C@H]1CCS(=O)(=O)C1. The van der Waals surface area contributed by atoms with Crippen LogP contribution in [0, 0.1) is 0 Å². The molecule has 1 heterocycles. The van der Waals surface area contributed by atoms with Gasteiger partial charge in [0.2, 0.25) is 0 Å². The average molecular weight is 277 g/mol. The molecular weight excluding hydrogens is 254 g/mol. The molecule has 0 bridgehead atoms. The Kier molecular flexibility index (Phi) is 6.08. The Morgan fingerprint density at radius 1 is 1.39 bits per heavy atom. The Labute approximate surface area is 109 Å². The minimum absolute atomic E-state index is 0.0433. The van der Waals surface area contributed by atoms with Gasteiger partial charge in [-0.15, -0.1) is 0 Å². The van der Waals surface area contributed by atoms with Gasteiger partial charge in [0.05, 0.1) is 24.7 Å². The van der Waals surface area contributed by atoms with Crippen LogP contribution in [0.1, 0.15) is 32.6 Å². The summed E-state index contributed by atoms with van der Waals surface area (Å²) in [7, 11) is -1.12. The molecule has 0 aromatic heterocycles. The molecule has 0 aromatic rings. The number of hydrogen-bond acceptors (Lipinski definition) is 5. The number of sulfone groups is 1. The van der Waals surface area contributed by atoms with Gasteiger partial charge in [-0.3, -0.25) is 9.69 Å². The topological polar surface area (TPSA) is 63.7 Å². The zero-order chi connectivity index (χ0) is 13.6. The molecule has 6 heteroatoms. The fourth-order valence-electron chi connectivity index (χ4n) is 2.04. The van der Waals surface area contributed by atoms with Crippen molar-refractivity contribution in [2.45, 2.75) is 38.6 Å². The lowest BCUT2D eigenvalue weighted by Crippen LogP contribution is -2.37. The second-order valence-electron chi connectivity index (χ2n) is 4.90. The van der Waals surface area contributed by atoms with E-state index in [1.54, 1.807) is 11.9 Å². The second-order valence-corrected chi connectivity index (χ2v) is 7.13. The van der Waals surface area contributed by atoms with Crippen LogP contribution in [0.3, 0.4) is 0 Å². The molecule has 0 spiro atoms. The first-order chi connectivity index (χ1) is 8.44. The van der Waals surface area contributed by atoms with Gasteiger partial charge in [-0.2, -0.15) is 0 Å². The number of carbonyl (C=O) groups is 1. The highest BCUT2D eigenvalue weighted by molar-refractivity contribution is 7.91. The quantitative estimate of drug-likeness (QED) is 0.509. The van der Waals surface area contributed by atoms with Gasteiger partial charge < -0.3 is 4.74 Å². The van der Waals surface area contributed by atoms with E-state index in [4.69, 9.17) is 4.74 Å². The van der Waals surface area contributed by atoms with Gasteiger partial charge in [0.15, 0.2) is 9.84 Å². The van der Waals surface area contributed by atoms with Crippen LogP contribution in [0.5, 0.6) is 0 Å². The predicted molar refractivity (Wildman–Crippen MR) is 70.2 cm³/mol. The maximum Gasteiger partial charge on any atom is 0.320 e. The molecule has 1 atom stereocenters. The molecule has 1 saturated heterocycles. The van der Waals surface area contributed by atoms with E-state index in [-0.39, 0.29) is 30.1 Å². The van der Waals surface area contributed by atoms with Crippen molar-refractivity contribution in [2.75, 3.05) is 31.7 Å². The maximum atomic E-state index is 11.5. The Bertz CT molecular complexity index is 366. The van der Waals surface area contributed by atoms with Crippen LogP contribution in [0.4, 0.5) is 0 Å². The van der Waals surface area contributed by atoms with Crippen LogP contribution in [0.15, 0.2) is 0 Å². The molecule has 18 heavy (non-hydrogen) atoms. The predicted octanol–water partition coefficient (Wildman–Crippen LogP) is 0.839. The number of esters is 1. The van der Waals surface area contributed by atoms with Gasteiger partial charge in [-0.1, -0.05) is 19.8 Å². The lowest BCUT2D eigenvalue weighted by atomic mass is 10.2. The standard InChI is InChI=1S/C12H23NO4S/c1-3-4-5-7-17-12(14)9-13(2)11-6-8-18(15,16)10-11/h11H,3-10H2,1-2H3/t11-/m0/s1. The molecule has 0 amide bonds. The van der Waals surface area contributed by atoms with E-state index in [1.165, 1.54) is 0 Å². The minimum Gasteiger partial charge on any atom is -0.465 e. The first-order valence-electron chi connectivity index (χ1n) is 6.51. The normalized spacial score (nSPS) is 22.3. The molecule has 1 fully saturated rings. The molecule has 1 rings (SSSR count). The van der Waals surface area contributed by atoms with E-state index in [2.05, 4.69) is 6.92 Å². The lowest BCUT2D eigenvalue weighted by Gasteiger charge is -2.21. The van der Waals surface area contributed by atoms with Gasteiger partial charge >= 0.3 is 5.97 Å². The second kappa shape index (κ2) is 7.09. The first-order valence-corrected chi connectivity index (χ1v) is 8.33. The van der Waals surface area contributed by atoms with Crippen LogP contribution < -0.4 is 0 Å². The Hall–Kier alpha value is -0.620. The number of nitrogens with zero attached hydrogens (tertiary/aromatic N) is 1. The Morgan fingerprint density at radius 2 is 2.11 bits per heavy atom. The van der Waals surface area contributed by atoms with Crippen molar-refractivity contribution < 1.29 is 17.9 Å². The third-order valence-corrected chi connectivity index (χ3v) is 4.97. The fraction of sp³-hybridized carbons (Fsp3) is 0.917. The van der Waals surface area contributed by atoms with Crippen molar-refractivity contribution in [1.29, 1.82) is 0 Å². The van der Waals surface area contributed by atoms with Crippen LogP contribution in [-0.2, 0) is 19.4 Å². The van der Waals surface area contributed by atoms with E-state index >= 15 is 0 Å². The van der Waals surface area contributed by atoms with Gasteiger partial charge in [-0.05, 0) is 19.9 Å². The fourth-order valence-corrected chi connectivity index (χ4v) is 3.84. The third kappa shape index (κ3) is 5.35. The number of rotatable bonds is 7. The molecular formula is C12H23NO4S. The molecule has 5 nitrogen and oxygen atoms in total. The zero-order valence-corrected chi connectivity index (χ0v) is 12.0. The number of unbranched alkanes of at least 4 members (excludes halogenated alkanes) is 2. The number of hydrogen-bond donors (Lipinski definition) is 0. The monoisotopic (exact) mass is 277 g/mol. The molecule has 0 aliphatic carbocycles. The van der Waals surface area contributed by atoms with Crippen LogP contribution >= 0.6 is 0 Å². The first kappa shape index (κ1) is 15.4. The molecule has 0 aromatic carbocycles. The van der Waals surface area contributed by atoms with Gasteiger partial charge in [0.25, 0.3) is 0 Å². The van der Waals surface area contributed by atoms with E-state index in [0.29, 0.717) is 13.0 Å². The van der Waals surface area contributed by atoms with Crippen molar-refractivity contribution in [1.82, 2.24) is 4.90 Å². The van der Waals surface area contributed by atoms with Crippen LogP contribution in [0.25, 0.3) is 0 Å². The highest BCUT2D eigenvalue weighted by Gasteiger charge is 2.31. The van der Waals surface area contributed by atoms with Gasteiger partial charge in [0.1, 0.15) is 0 Å². The van der Waals surface area contributed by atoms with Crippen LogP contribution in [0.2, 0.25) is 0 Å². The largest absolute Gasteiger partial charge is 0.465 e. The van der Waals surface area contributed by atoms with Crippen molar-refractivity contribution in [3.05, 3.63) is 0 Å². The summed E-state index contributed by atoms with van der Waals surface area (Å²) in [6.07, 6.45) is 3.66. The average Bonchev–Trinajstić information content (AvgIpc) is 2.65. The summed E-state index contributed by atoms with van der Waals surface area (Å²) in [5.41, 5.74) is 0. The highest BCUT2D eigenvalue weighted by Crippen LogP contribution is 2.16. The van der Waals surface area contributed by atoms with Crippen LogP contribution in [-0.4, -0.2) is 57.0 Å². The summed E-state index contributed by atoms with van der Waals surface area (Å²) in [5.74, 6) is 0.123. The Morgan fingerprint density at radius 3 is 2.67 bits per heavy atom. The number of carbonyl (C=O) groups excluding carboxylic acids is 1. The smallest absolute Gasteiger partial charge is 0.320 e. The van der Waals surface area contributed by atoms with E-state index in [1.807, 2.05) is 0 Å².